The summed E-state index contributed by atoms with van der Waals surface area (Å²) in [6.45, 7) is 4.08. The van der Waals surface area contributed by atoms with Crippen LogP contribution in [-0.4, -0.2) is 35.8 Å². The fraction of sp³-hybridized carbons (Fsp3) is 0.292. The van der Waals surface area contributed by atoms with Crippen molar-refractivity contribution in [3.05, 3.63) is 66.2 Å². The molecule has 6 heteroatoms. The maximum Gasteiger partial charge on any atom is 0.262 e. The van der Waals surface area contributed by atoms with Crippen molar-refractivity contribution in [3.63, 3.8) is 0 Å². The van der Waals surface area contributed by atoms with Gasteiger partial charge in [0.15, 0.2) is 12.4 Å². The van der Waals surface area contributed by atoms with Crippen molar-refractivity contribution in [2.24, 2.45) is 0 Å². The number of aromatic nitrogens is 2. The van der Waals surface area contributed by atoms with Crippen LogP contribution in [0.2, 0.25) is 0 Å². The molecule has 0 aliphatic carbocycles. The van der Waals surface area contributed by atoms with Crippen molar-refractivity contribution in [1.29, 1.82) is 0 Å². The fourth-order valence-corrected chi connectivity index (χ4v) is 3.48. The van der Waals surface area contributed by atoms with Gasteiger partial charge in [-0.1, -0.05) is 29.8 Å². The molecule has 2 aromatic carbocycles. The average Bonchev–Trinajstić information content (AvgIpc) is 2.80. The van der Waals surface area contributed by atoms with Crippen LogP contribution in [0.25, 0.3) is 11.3 Å². The summed E-state index contributed by atoms with van der Waals surface area (Å²) >= 11 is 0. The van der Waals surface area contributed by atoms with E-state index in [0.717, 1.165) is 35.7 Å². The molecular formula is C24H26N4O2. The topological polar surface area (TPSA) is 67.3 Å². The highest BCUT2D eigenvalue weighted by Gasteiger charge is 2.13. The summed E-state index contributed by atoms with van der Waals surface area (Å²) in [4.78, 5) is 14.4. The third-order valence-corrected chi connectivity index (χ3v) is 5.19. The summed E-state index contributed by atoms with van der Waals surface area (Å²) in [5.41, 5.74) is 3.64. The number of carbonyl (C=O) groups is 1. The van der Waals surface area contributed by atoms with E-state index in [4.69, 9.17) is 4.74 Å². The molecule has 1 N–H and O–H groups in total. The number of hydrogen-bond acceptors (Lipinski definition) is 5. The van der Waals surface area contributed by atoms with E-state index in [-0.39, 0.29) is 12.5 Å². The van der Waals surface area contributed by atoms with E-state index in [1.54, 1.807) is 0 Å². The van der Waals surface area contributed by atoms with E-state index < -0.39 is 0 Å². The third kappa shape index (κ3) is 5.14. The van der Waals surface area contributed by atoms with Crippen LogP contribution < -0.4 is 15.0 Å². The molecule has 1 amide bonds. The lowest BCUT2D eigenvalue weighted by molar-refractivity contribution is -0.118. The molecule has 1 saturated heterocycles. The second kappa shape index (κ2) is 9.39. The minimum absolute atomic E-state index is 0.0335. The molecule has 30 heavy (non-hydrogen) atoms. The Morgan fingerprint density at radius 1 is 0.933 bits per heavy atom. The Labute approximate surface area is 176 Å². The Bertz CT molecular complexity index is 964. The predicted molar refractivity (Wildman–Crippen MR) is 119 cm³/mol. The van der Waals surface area contributed by atoms with Gasteiger partial charge in [0.05, 0.1) is 5.69 Å². The monoisotopic (exact) mass is 402 g/mol. The van der Waals surface area contributed by atoms with Crippen molar-refractivity contribution >= 4 is 17.4 Å². The van der Waals surface area contributed by atoms with Crippen LogP contribution in [-0.2, 0) is 4.79 Å². The van der Waals surface area contributed by atoms with Crippen LogP contribution in [0.3, 0.4) is 0 Å². The van der Waals surface area contributed by atoms with Gasteiger partial charge in [0.1, 0.15) is 5.75 Å². The van der Waals surface area contributed by atoms with Crippen LogP contribution in [0.1, 0.15) is 24.8 Å². The molecule has 154 valence electrons. The minimum atomic E-state index is -0.200. The van der Waals surface area contributed by atoms with E-state index >= 15 is 0 Å². The smallest absolute Gasteiger partial charge is 0.262 e. The summed E-state index contributed by atoms with van der Waals surface area (Å²) in [5.74, 6) is 1.42. The van der Waals surface area contributed by atoms with Gasteiger partial charge in [-0.25, -0.2) is 0 Å². The van der Waals surface area contributed by atoms with Crippen LogP contribution in [0.5, 0.6) is 5.75 Å². The van der Waals surface area contributed by atoms with E-state index in [9.17, 15) is 4.79 Å². The predicted octanol–water partition coefficient (Wildman–Crippen LogP) is 4.46. The standard InChI is InChI=1S/C24H26N4O2/c1-18-5-11-21(12-6-18)30-17-24(29)25-20-9-7-19(8-10-20)22-13-14-23(27-26-22)28-15-3-2-4-16-28/h5-14H,2-4,15-17H2,1H3,(H,25,29). The normalized spacial score (nSPS) is 13.7. The number of nitrogens with zero attached hydrogens (tertiary/aromatic N) is 3. The quantitative estimate of drug-likeness (QED) is 0.659. The van der Waals surface area contributed by atoms with Crippen LogP contribution in [0.4, 0.5) is 11.5 Å². The van der Waals surface area contributed by atoms with Crippen molar-refractivity contribution in [1.82, 2.24) is 10.2 Å². The molecule has 0 spiro atoms. The zero-order valence-corrected chi connectivity index (χ0v) is 17.2. The summed E-state index contributed by atoms with van der Waals surface area (Å²) in [7, 11) is 0. The Balaban J connectivity index is 1.32. The molecule has 4 rings (SSSR count). The van der Waals surface area contributed by atoms with E-state index in [0.29, 0.717) is 11.4 Å². The molecule has 1 fully saturated rings. The molecular weight excluding hydrogens is 376 g/mol. The second-order valence-electron chi connectivity index (χ2n) is 7.55. The SMILES string of the molecule is Cc1ccc(OCC(=O)Nc2ccc(-c3ccc(N4CCCCC4)nn3)cc2)cc1. The first kappa shape index (κ1) is 19.9. The Hall–Kier alpha value is -3.41. The second-order valence-corrected chi connectivity index (χ2v) is 7.55. The number of rotatable bonds is 6. The summed E-state index contributed by atoms with van der Waals surface area (Å²) < 4.78 is 5.51. The minimum Gasteiger partial charge on any atom is -0.484 e. The first-order valence-corrected chi connectivity index (χ1v) is 10.4. The van der Waals surface area contributed by atoms with Gasteiger partial charge in [-0.05, 0) is 62.6 Å². The third-order valence-electron chi connectivity index (χ3n) is 5.19. The molecule has 1 aromatic heterocycles. The van der Waals surface area contributed by atoms with Crippen molar-refractivity contribution in [2.45, 2.75) is 26.2 Å². The zero-order valence-electron chi connectivity index (χ0n) is 17.2. The van der Waals surface area contributed by atoms with Crippen molar-refractivity contribution in [2.75, 3.05) is 29.9 Å². The average molecular weight is 402 g/mol. The Morgan fingerprint density at radius 3 is 2.33 bits per heavy atom. The molecule has 0 atom stereocenters. The molecule has 6 nitrogen and oxygen atoms in total. The highest BCUT2D eigenvalue weighted by atomic mass is 16.5. The molecule has 1 aliphatic rings. The van der Waals surface area contributed by atoms with Gasteiger partial charge in [-0.2, -0.15) is 0 Å². The number of aryl methyl sites for hydroxylation is 1. The van der Waals surface area contributed by atoms with E-state index in [2.05, 4.69) is 20.4 Å². The maximum absolute atomic E-state index is 12.1. The summed E-state index contributed by atoms with van der Waals surface area (Å²) in [5, 5.41) is 11.6. The number of anilines is 2. The highest BCUT2D eigenvalue weighted by molar-refractivity contribution is 5.92. The van der Waals surface area contributed by atoms with E-state index in [1.165, 1.54) is 19.3 Å². The first-order chi connectivity index (χ1) is 14.7. The van der Waals surface area contributed by atoms with Gasteiger partial charge in [0, 0.05) is 24.3 Å². The van der Waals surface area contributed by atoms with Gasteiger partial charge in [-0.15, -0.1) is 10.2 Å². The Morgan fingerprint density at radius 2 is 1.67 bits per heavy atom. The number of ether oxygens (including phenoxy) is 1. The number of amides is 1. The van der Waals surface area contributed by atoms with E-state index in [1.807, 2.05) is 67.6 Å². The lowest BCUT2D eigenvalue weighted by Crippen LogP contribution is -2.30. The van der Waals surface area contributed by atoms with Crippen LogP contribution in [0.15, 0.2) is 60.7 Å². The lowest BCUT2D eigenvalue weighted by Gasteiger charge is -2.27. The molecule has 0 unspecified atom stereocenters. The number of nitrogens with one attached hydrogen (secondary N) is 1. The van der Waals surface area contributed by atoms with Gasteiger partial charge >= 0.3 is 0 Å². The van der Waals surface area contributed by atoms with Crippen LogP contribution in [0, 0.1) is 6.92 Å². The molecule has 1 aliphatic heterocycles. The Kier molecular flexibility index (Phi) is 6.23. The zero-order chi connectivity index (χ0) is 20.8. The number of carbonyl (C=O) groups excluding carboxylic acids is 1. The van der Waals surface area contributed by atoms with Gasteiger partial charge in [0.25, 0.3) is 5.91 Å². The number of piperidine rings is 1. The first-order valence-electron chi connectivity index (χ1n) is 10.4. The van der Waals surface area contributed by atoms with Gasteiger partial charge in [0.2, 0.25) is 0 Å². The molecule has 0 bridgehead atoms. The lowest BCUT2D eigenvalue weighted by atomic mass is 10.1. The van der Waals surface area contributed by atoms with Gasteiger partial charge in [-0.3, -0.25) is 4.79 Å². The molecule has 0 radical (unpaired) electrons. The molecule has 3 aromatic rings. The summed E-state index contributed by atoms with van der Waals surface area (Å²) in [6.07, 6.45) is 3.72. The van der Waals surface area contributed by atoms with Crippen molar-refractivity contribution < 1.29 is 9.53 Å². The fourth-order valence-electron chi connectivity index (χ4n) is 3.48. The summed E-state index contributed by atoms with van der Waals surface area (Å²) in [6, 6.07) is 19.2. The molecule has 2 heterocycles. The van der Waals surface area contributed by atoms with Crippen LogP contribution >= 0.6 is 0 Å². The largest absolute Gasteiger partial charge is 0.484 e. The van der Waals surface area contributed by atoms with Gasteiger partial charge < -0.3 is 15.0 Å². The number of benzene rings is 2. The number of hydrogen-bond donors (Lipinski definition) is 1. The highest BCUT2D eigenvalue weighted by Crippen LogP contribution is 2.22. The molecule has 0 saturated carbocycles. The maximum atomic E-state index is 12.1. The van der Waals surface area contributed by atoms with Crippen molar-refractivity contribution in [3.8, 4) is 17.0 Å².